The second kappa shape index (κ2) is 8.47. The first-order valence-corrected chi connectivity index (χ1v) is 11.3. The maximum Gasteiger partial charge on any atom is 0.339 e. The molecular weight excluding hydrogens is 408 g/mol. The topological polar surface area (TPSA) is 68.3 Å². The molecule has 0 saturated heterocycles. The van der Waals surface area contributed by atoms with E-state index < -0.39 is 5.97 Å². The van der Waals surface area contributed by atoms with Gasteiger partial charge in [0.1, 0.15) is 5.01 Å². The molecule has 156 valence electrons. The fourth-order valence-electron chi connectivity index (χ4n) is 4.23. The van der Waals surface area contributed by atoms with E-state index in [1.165, 1.54) is 0 Å². The Balaban J connectivity index is 1.44. The molecule has 0 spiro atoms. The number of amides is 1. The van der Waals surface area contributed by atoms with E-state index in [1.807, 2.05) is 54.6 Å². The first-order valence-electron chi connectivity index (χ1n) is 10.5. The molecule has 1 fully saturated rings. The fourth-order valence-corrected chi connectivity index (χ4v) is 5.22. The van der Waals surface area contributed by atoms with Crippen molar-refractivity contribution >= 4 is 44.2 Å². The van der Waals surface area contributed by atoms with E-state index >= 15 is 0 Å². The number of nitrogens with one attached hydrogen (secondary N) is 1. The summed E-state index contributed by atoms with van der Waals surface area (Å²) in [5.41, 5.74) is 2.27. The van der Waals surface area contributed by atoms with Gasteiger partial charge in [0.2, 0.25) is 0 Å². The van der Waals surface area contributed by atoms with Crippen LogP contribution in [0.15, 0.2) is 60.7 Å². The van der Waals surface area contributed by atoms with Gasteiger partial charge in [0, 0.05) is 17.0 Å². The van der Waals surface area contributed by atoms with Crippen LogP contribution in [0.25, 0.3) is 31.6 Å². The van der Waals surface area contributed by atoms with Crippen molar-refractivity contribution in [3.63, 3.8) is 0 Å². The Morgan fingerprint density at radius 1 is 1.00 bits per heavy atom. The van der Waals surface area contributed by atoms with Crippen molar-refractivity contribution in [3.05, 3.63) is 66.2 Å². The smallest absolute Gasteiger partial charge is 0.339 e. The zero-order valence-corrected chi connectivity index (χ0v) is 17.8. The lowest BCUT2D eigenvalue weighted by Gasteiger charge is -2.13. The molecule has 5 rings (SSSR count). The van der Waals surface area contributed by atoms with Gasteiger partial charge in [-0.2, -0.15) is 0 Å². The van der Waals surface area contributed by atoms with Gasteiger partial charge in [0.25, 0.3) is 5.91 Å². The Labute approximate surface area is 184 Å². The number of thiazole rings is 1. The molecule has 1 saturated carbocycles. The lowest BCUT2D eigenvalue weighted by molar-refractivity contribution is -0.124. The summed E-state index contributed by atoms with van der Waals surface area (Å²) in [6.07, 6.45) is 4.26. The van der Waals surface area contributed by atoms with Crippen molar-refractivity contribution in [2.75, 3.05) is 6.61 Å². The standard InChI is InChI=1S/C25H22N2O3S/c28-22(26-17-9-1-2-10-17)15-30-25(29)19-12-6-8-16-7-5-11-18(23(16)19)24-27-20-13-3-4-14-21(20)31-24/h3-8,11-14,17H,1-2,9-10,15H2,(H,26,28). The molecule has 1 N–H and O–H groups in total. The van der Waals surface area contributed by atoms with Crippen LogP contribution < -0.4 is 5.32 Å². The van der Waals surface area contributed by atoms with Gasteiger partial charge < -0.3 is 10.1 Å². The Morgan fingerprint density at radius 3 is 2.58 bits per heavy atom. The van der Waals surface area contributed by atoms with Crippen LogP contribution in [-0.2, 0) is 9.53 Å². The third-order valence-electron chi connectivity index (χ3n) is 5.70. The molecule has 1 aromatic heterocycles. The summed E-state index contributed by atoms with van der Waals surface area (Å²) >= 11 is 1.59. The van der Waals surface area contributed by atoms with Crippen molar-refractivity contribution in [1.82, 2.24) is 10.3 Å². The predicted molar refractivity (Wildman–Crippen MR) is 123 cm³/mol. The highest BCUT2D eigenvalue weighted by Gasteiger charge is 2.20. The van der Waals surface area contributed by atoms with Crippen molar-refractivity contribution in [2.24, 2.45) is 0 Å². The molecule has 0 unspecified atom stereocenters. The van der Waals surface area contributed by atoms with Gasteiger partial charge in [0.05, 0.1) is 15.8 Å². The Kier molecular flexibility index (Phi) is 5.38. The Bertz CT molecular complexity index is 1240. The van der Waals surface area contributed by atoms with Crippen LogP contribution in [0.2, 0.25) is 0 Å². The normalized spacial score (nSPS) is 14.2. The third-order valence-corrected chi connectivity index (χ3v) is 6.77. The summed E-state index contributed by atoms with van der Waals surface area (Å²) in [5, 5.41) is 5.53. The lowest BCUT2D eigenvalue weighted by atomic mass is 9.99. The first kappa shape index (κ1) is 19.7. The summed E-state index contributed by atoms with van der Waals surface area (Å²) < 4.78 is 6.49. The van der Waals surface area contributed by atoms with Crippen LogP contribution in [0.3, 0.4) is 0 Å². The zero-order chi connectivity index (χ0) is 21.2. The first-order chi connectivity index (χ1) is 15.2. The second-order valence-electron chi connectivity index (χ2n) is 7.82. The average Bonchev–Trinajstić information content (AvgIpc) is 3.46. The number of benzene rings is 3. The SMILES string of the molecule is O=C(COC(=O)c1cccc2cccc(-c3nc4ccccc4s3)c12)NC1CCCC1. The average molecular weight is 431 g/mol. The van der Waals surface area contributed by atoms with Crippen LogP contribution in [0.5, 0.6) is 0 Å². The highest BCUT2D eigenvalue weighted by Crippen LogP contribution is 2.36. The Hall–Kier alpha value is -3.25. The van der Waals surface area contributed by atoms with Gasteiger partial charge in [-0.15, -0.1) is 11.3 Å². The lowest BCUT2D eigenvalue weighted by Crippen LogP contribution is -2.35. The van der Waals surface area contributed by atoms with E-state index in [4.69, 9.17) is 9.72 Å². The number of carbonyl (C=O) groups excluding carboxylic acids is 2. The van der Waals surface area contributed by atoms with E-state index in [2.05, 4.69) is 5.32 Å². The molecule has 31 heavy (non-hydrogen) atoms. The molecule has 4 aromatic rings. The number of carbonyl (C=O) groups is 2. The third kappa shape index (κ3) is 4.03. The zero-order valence-electron chi connectivity index (χ0n) is 17.0. The second-order valence-corrected chi connectivity index (χ2v) is 8.85. The maximum atomic E-state index is 12.9. The molecular formula is C25H22N2O3S. The number of ether oxygens (including phenoxy) is 1. The number of hydrogen-bond donors (Lipinski definition) is 1. The van der Waals surface area contributed by atoms with Gasteiger partial charge in [0.15, 0.2) is 6.61 Å². The van der Waals surface area contributed by atoms with Gasteiger partial charge in [-0.05, 0) is 36.4 Å². The van der Waals surface area contributed by atoms with E-state index in [-0.39, 0.29) is 18.6 Å². The molecule has 3 aromatic carbocycles. The molecule has 0 radical (unpaired) electrons. The van der Waals surface area contributed by atoms with Gasteiger partial charge in [-0.1, -0.05) is 55.3 Å². The van der Waals surface area contributed by atoms with Crippen molar-refractivity contribution in [2.45, 2.75) is 31.7 Å². The predicted octanol–water partition coefficient (Wildman–Crippen LogP) is 5.33. The minimum absolute atomic E-state index is 0.203. The summed E-state index contributed by atoms with van der Waals surface area (Å²) in [4.78, 5) is 29.9. The molecule has 1 aliphatic rings. The van der Waals surface area contributed by atoms with Crippen LogP contribution >= 0.6 is 11.3 Å². The molecule has 6 heteroatoms. The molecule has 0 bridgehead atoms. The van der Waals surface area contributed by atoms with Crippen molar-refractivity contribution in [1.29, 1.82) is 0 Å². The summed E-state index contributed by atoms with van der Waals surface area (Å²) in [6, 6.07) is 19.6. The fraction of sp³-hybridized carbons (Fsp3) is 0.240. The van der Waals surface area contributed by atoms with Crippen LogP contribution in [-0.4, -0.2) is 29.5 Å². The molecule has 1 aliphatic carbocycles. The van der Waals surface area contributed by atoms with E-state index in [0.29, 0.717) is 5.56 Å². The molecule has 1 heterocycles. The van der Waals surface area contributed by atoms with E-state index in [0.717, 1.165) is 57.2 Å². The van der Waals surface area contributed by atoms with E-state index in [1.54, 1.807) is 17.4 Å². The molecule has 1 amide bonds. The van der Waals surface area contributed by atoms with Gasteiger partial charge in [-0.3, -0.25) is 4.79 Å². The minimum atomic E-state index is -0.499. The van der Waals surface area contributed by atoms with Crippen LogP contribution in [0, 0.1) is 0 Å². The summed E-state index contributed by atoms with van der Waals surface area (Å²) in [6.45, 7) is -0.269. The van der Waals surface area contributed by atoms with Gasteiger partial charge in [-0.25, -0.2) is 9.78 Å². The highest BCUT2D eigenvalue weighted by atomic mass is 32.1. The monoisotopic (exact) mass is 430 g/mol. The van der Waals surface area contributed by atoms with Crippen LogP contribution in [0.1, 0.15) is 36.0 Å². The number of nitrogens with zero attached hydrogens (tertiary/aromatic N) is 1. The quantitative estimate of drug-likeness (QED) is 0.435. The number of esters is 1. The summed E-state index contributed by atoms with van der Waals surface area (Å²) in [5.74, 6) is -0.743. The minimum Gasteiger partial charge on any atom is -0.452 e. The van der Waals surface area contributed by atoms with Gasteiger partial charge >= 0.3 is 5.97 Å². The number of aromatic nitrogens is 1. The van der Waals surface area contributed by atoms with E-state index in [9.17, 15) is 9.59 Å². The number of rotatable bonds is 5. The largest absolute Gasteiger partial charge is 0.452 e. The number of para-hydroxylation sites is 1. The van der Waals surface area contributed by atoms with Crippen LogP contribution in [0.4, 0.5) is 0 Å². The maximum absolute atomic E-state index is 12.9. The number of fused-ring (bicyclic) bond motifs is 2. The Morgan fingerprint density at radius 2 is 1.77 bits per heavy atom. The number of hydrogen-bond acceptors (Lipinski definition) is 5. The van der Waals surface area contributed by atoms with Crippen molar-refractivity contribution < 1.29 is 14.3 Å². The highest BCUT2D eigenvalue weighted by molar-refractivity contribution is 7.21. The molecule has 0 atom stereocenters. The summed E-state index contributed by atoms with van der Waals surface area (Å²) in [7, 11) is 0. The molecule has 5 nitrogen and oxygen atoms in total. The molecule has 0 aliphatic heterocycles. The van der Waals surface area contributed by atoms with Crippen molar-refractivity contribution in [3.8, 4) is 10.6 Å².